The van der Waals surface area contributed by atoms with E-state index in [2.05, 4.69) is 4.98 Å². The summed E-state index contributed by atoms with van der Waals surface area (Å²) in [6.07, 6.45) is 5.46. The normalized spacial score (nSPS) is 19.0. The minimum Gasteiger partial charge on any atom is -0.481 e. The van der Waals surface area contributed by atoms with E-state index < -0.39 is 17.2 Å². The number of rotatable bonds is 2. The molecule has 1 fully saturated rings. The second-order valence-electron chi connectivity index (χ2n) is 3.99. The highest BCUT2D eigenvalue weighted by atomic mass is 19.1. The highest BCUT2D eigenvalue weighted by Crippen LogP contribution is 2.41. The van der Waals surface area contributed by atoms with Gasteiger partial charge in [-0.1, -0.05) is 12.8 Å². The molecule has 0 bridgehead atoms. The van der Waals surface area contributed by atoms with Gasteiger partial charge in [0, 0.05) is 6.20 Å². The van der Waals surface area contributed by atoms with Crippen LogP contribution in [0.4, 0.5) is 4.39 Å². The van der Waals surface area contributed by atoms with E-state index in [1.54, 1.807) is 0 Å². The fourth-order valence-electron chi connectivity index (χ4n) is 2.28. The fraction of sp³-hybridized carbons (Fsp3) is 0.455. The second-order valence-corrected chi connectivity index (χ2v) is 3.99. The van der Waals surface area contributed by atoms with Gasteiger partial charge in [0.15, 0.2) is 0 Å². The van der Waals surface area contributed by atoms with Crippen molar-refractivity contribution < 1.29 is 14.3 Å². The lowest BCUT2D eigenvalue weighted by atomic mass is 9.80. The number of hydrogen-bond donors (Lipinski definition) is 1. The lowest BCUT2D eigenvalue weighted by Gasteiger charge is -2.23. The van der Waals surface area contributed by atoms with Crippen LogP contribution in [-0.4, -0.2) is 16.1 Å². The Labute approximate surface area is 87.0 Å². The number of aromatic nitrogens is 1. The first kappa shape index (κ1) is 10.1. The molecule has 0 aromatic carbocycles. The minimum atomic E-state index is -0.908. The maximum atomic E-state index is 13.0. The molecule has 1 aliphatic carbocycles. The average Bonchev–Trinajstić information content (AvgIpc) is 2.67. The minimum absolute atomic E-state index is 0.472. The third-order valence-corrected chi connectivity index (χ3v) is 3.12. The molecular formula is C11H12FNO2. The molecule has 1 aromatic heterocycles. The third-order valence-electron chi connectivity index (χ3n) is 3.12. The van der Waals surface area contributed by atoms with Gasteiger partial charge in [0.1, 0.15) is 5.82 Å². The summed E-state index contributed by atoms with van der Waals surface area (Å²) in [5.74, 6) is -1.34. The number of hydrogen-bond acceptors (Lipinski definition) is 2. The Bertz CT molecular complexity index is 386. The van der Waals surface area contributed by atoms with Gasteiger partial charge in [-0.25, -0.2) is 4.39 Å². The van der Waals surface area contributed by atoms with Crippen molar-refractivity contribution in [2.24, 2.45) is 0 Å². The Morgan fingerprint density at radius 2 is 2.07 bits per heavy atom. The molecule has 1 N–H and O–H groups in total. The maximum Gasteiger partial charge on any atom is 0.314 e. The molecule has 1 heterocycles. The van der Waals surface area contributed by atoms with Gasteiger partial charge in [0.2, 0.25) is 0 Å². The highest BCUT2D eigenvalue weighted by Gasteiger charge is 2.43. The van der Waals surface area contributed by atoms with Crippen LogP contribution in [0.25, 0.3) is 0 Å². The molecule has 2 rings (SSSR count). The Kier molecular flexibility index (Phi) is 2.42. The van der Waals surface area contributed by atoms with Gasteiger partial charge in [0.05, 0.1) is 11.6 Å². The zero-order chi connectivity index (χ0) is 10.9. The van der Waals surface area contributed by atoms with Crippen molar-refractivity contribution in [3.63, 3.8) is 0 Å². The van der Waals surface area contributed by atoms with Gasteiger partial charge in [-0.2, -0.15) is 0 Å². The summed E-state index contributed by atoms with van der Waals surface area (Å²) in [6.45, 7) is 0. The summed E-state index contributed by atoms with van der Waals surface area (Å²) in [6, 6.07) is 1.28. The van der Waals surface area contributed by atoms with Crippen LogP contribution in [0, 0.1) is 5.82 Å². The number of nitrogens with zero attached hydrogens (tertiary/aromatic N) is 1. The van der Waals surface area contributed by atoms with Crippen molar-refractivity contribution >= 4 is 5.97 Å². The topological polar surface area (TPSA) is 50.2 Å². The van der Waals surface area contributed by atoms with Gasteiger partial charge < -0.3 is 5.11 Å². The molecule has 0 unspecified atom stereocenters. The highest BCUT2D eigenvalue weighted by molar-refractivity contribution is 5.81. The first-order valence-corrected chi connectivity index (χ1v) is 4.99. The van der Waals surface area contributed by atoms with Crippen molar-refractivity contribution in [3.05, 3.63) is 29.8 Å². The second kappa shape index (κ2) is 3.61. The van der Waals surface area contributed by atoms with Crippen LogP contribution in [-0.2, 0) is 10.2 Å². The quantitative estimate of drug-likeness (QED) is 0.811. The molecule has 0 saturated heterocycles. The smallest absolute Gasteiger partial charge is 0.314 e. The van der Waals surface area contributed by atoms with E-state index in [0.29, 0.717) is 18.4 Å². The lowest BCUT2D eigenvalue weighted by Crippen LogP contribution is -2.32. The van der Waals surface area contributed by atoms with Crippen molar-refractivity contribution in [1.29, 1.82) is 0 Å². The molecule has 1 aliphatic rings. The summed E-state index contributed by atoms with van der Waals surface area (Å²) in [7, 11) is 0. The van der Waals surface area contributed by atoms with E-state index in [4.69, 9.17) is 0 Å². The van der Waals surface area contributed by atoms with Crippen LogP contribution in [0.3, 0.4) is 0 Å². The van der Waals surface area contributed by atoms with Gasteiger partial charge in [-0.05, 0) is 24.5 Å². The molecule has 0 radical (unpaired) electrons. The van der Waals surface area contributed by atoms with Crippen LogP contribution >= 0.6 is 0 Å². The van der Waals surface area contributed by atoms with E-state index in [9.17, 15) is 14.3 Å². The van der Waals surface area contributed by atoms with Crippen molar-refractivity contribution in [2.45, 2.75) is 31.1 Å². The Morgan fingerprint density at radius 3 is 2.60 bits per heavy atom. The summed E-state index contributed by atoms with van der Waals surface area (Å²) in [4.78, 5) is 15.0. The Balaban J connectivity index is 2.45. The largest absolute Gasteiger partial charge is 0.481 e. The zero-order valence-electron chi connectivity index (χ0n) is 8.24. The van der Waals surface area contributed by atoms with Crippen molar-refractivity contribution in [3.8, 4) is 0 Å². The van der Waals surface area contributed by atoms with E-state index in [1.165, 1.54) is 12.3 Å². The molecule has 80 valence electrons. The molecule has 15 heavy (non-hydrogen) atoms. The summed E-state index contributed by atoms with van der Waals surface area (Å²) in [5.41, 5.74) is -0.415. The first-order valence-electron chi connectivity index (χ1n) is 4.99. The van der Waals surface area contributed by atoms with E-state index in [0.717, 1.165) is 19.0 Å². The number of carboxylic acid groups (broad SMARTS) is 1. The number of carbonyl (C=O) groups is 1. The maximum absolute atomic E-state index is 13.0. The molecule has 3 nitrogen and oxygen atoms in total. The number of pyridine rings is 1. The molecule has 0 aliphatic heterocycles. The standard InChI is InChI=1S/C11H12FNO2/c12-9-5-8(6-13-7-9)11(10(14)15)3-1-2-4-11/h5-7H,1-4H2,(H,14,15). The molecule has 0 amide bonds. The SMILES string of the molecule is O=C(O)C1(c2cncc(F)c2)CCCC1. The monoisotopic (exact) mass is 209 g/mol. The number of halogens is 1. The van der Waals surface area contributed by atoms with Crippen LogP contribution in [0.15, 0.2) is 18.5 Å². The third kappa shape index (κ3) is 1.60. The van der Waals surface area contributed by atoms with E-state index in [1.807, 2.05) is 0 Å². The molecule has 0 atom stereocenters. The predicted octanol–water partition coefficient (Wildman–Crippen LogP) is 2.12. The molecule has 1 saturated carbocycles. The number of carboxylic acids is 1. The van der Waals surface area contributed by atoms with Crippen LogP contribution in [0.1, 0.15) is 31.2 Å². The summed E-state index contributed by atoms with van der Waals surface area (Å²) in [5, 5.41) is 9.26. The van der Waals surface area contributed by atoms with Gasteiger partial charge in [-0.15, -0.1) is 0 Å². The molecule has 4 heteroatoms. The van der Waals surface area contributed by atoms with E-state index in [-0.39, 0.29) is 0 Å². The van der Waals surface area contributed by atoms with Gasteiger partial charge in [0.25, 0.3) is 0 Å². The molecular weight excluding hydrogens is 197 g/mol. The lowest BCUT2D eigenvalue weighted by molar-refractivity contribution is -0.143. The molecule has 0 spiro atoms. The summed E-state index contributed by atoms with van der Waals surface area (Å²) >= 11 is 0. The van der Waals surface area contributed by atoms with Gasteiger partial charge in [-0.3, -0.25) is 9.78 Å². The predicted molar refractivity (Wildman–Crippen MR) is 52.0 cm³/mol. The Morgan fingerprint density at radius 1 is 1.40 bits per heavy atom. The van der Waals surface area contributed by atoms with Gasteiger partial charge >= 0.3 is 5.97 Å². The molecule has 1 aromatic rings. The summed E-state index contributed by atoms with van der Waals surface area (Å²) < 4.78 is 13.0. The Hall–Kier alpha value is -1.45. The zero-order valence-corrected chi connectivity index (χ0v) is 8.24. The average molecular weight is 209 g/mol. The van der Waals surface area contributed by atoms with Crippen LogP contribution < -0.4 is 0 Å². The first-order chi connectivity index (χ1) is 7.15. The number of aliphatic carboxylic acids is 1. The van der Waals surface area contributed by atoms with Crippen molar-refractivity contribution in [2.75, 3.05) is 0 Å². The van der Waals surface area contributed by atoms with Crippen LogP contribution in [0.5, 0.6) is 0 Å². The fourth-order valence-corrected chi connectivity index (χ4v) is 2.28. The van der Waals surface area contributed by atoms with Crippen LogP contribution in [0.2, 0.25) is 0 Å². The van der Waals surface area contributed by atoms with E-state index >= 15 is 0 Å². The van der Waals surface area contributed by atoms with Crippen molar-refractivity contribution in [1.82, 2.24) is 4.98 Å².